The quantitative estimate of drug-likeness (QED) is 0.226. The molecule has 0 radical (unpaired) electrons. The summed E-state index contributed by atoms with van der Waals surface area (Å²) in [6, 6.07) is 15.7. The van der Waals surface area contributed by atoms with Gasteiger partial charge in [-0.25, -0.2) is 9.59 Å². The van der Waals surface area contributed by atoms with E-state index in [4.69, 9.17) is 14.2 Å². The average molecular weight is 501 g/mol. The second kappa shape index (κ2) is 10.3. The Labute approximate surface area is 213 Å². The highest BCUT2D eigenvalue weighted by Crippen LogP contribution is 2.64. The van der Waals surface area contributed by atoms with Gasteiger partial charge in [0.05, 0.1) is 43.3 Å². The molecule has 188 valence electrons. The number of nitro benzene ring substituents is 1. The molecule has 37 heavy (non-hydrogen) atoms. The molecule has 10 heteroatoms. The van der Waals surface area contributed by atoms with E-state index in [0.29, 0.717) is 0 Å². The normalized spacial score (nSPS) is 17.8. The Morgan fingerprint density at radius 2 is 1.73 bits per heavy atom. The number of hydrogen-bond donors (Lipinski definition) is 0. The summed E-state index contributed by atoms with van der Waals surface area (Å²) in [7, 11) is 2.55. The third kappa shape index (κ3) is 3.99. The molecular formula is C27H23N3O7. The standard InChI is InChI=1S/C27H23N3O7/c1-5-37-24(31)17(2)27(18-10-12-19(13-11-18)30(33)34)14-21(25(32)36-4)23(26(27,15-28)16-29)20-8-6-7-9-22(20)35-3/h6-13H,2,5,14H2,1,3-4H3/t27-/m1/s1. The molecule has 1 aliphatic rings. The summed E-state index contributed by atoms with van der Waals surface area (Å²) in [6.07, 6.45) is -0.344. The molecule has 2 aromatic rings. The van der Waals surface area contributed by atoms with Crippen LogP contribution in [0.25, 0.3) is 5.57 Å². The number of non-ortho nitro benzene ring substituents is 1. The first-order valence-electron chi connectivity index (χ1n) is 11.1. The first kappa shape index (κ1) is 26.6. The summed E-state index contributed by atoms with van der Waals surface area (Å²) >= 11 is 0. The van der Waals surface area contributed by atoms with Crippen LogP contribution in [0, 0.1) is 38.2 Å². The maximum absolute atomic E-state index is 13.1. The Balaban J connectivity index is 2.50. The molecule has 0 N–H and O–H groups in total. The molecular weight excluding hydrogens is 478 g/mol. The zero-order valence-corrected chi connectivity index (χ0v) is 20.4. The van der Waals surface area contributed by atoms with Gasteiger partial charge in [-0.05, 0) is 25.0 Å². The van der Waals surface area contributed by atoms with Crippen LogP contribution in [0.15, 0.2) is 66.3 Å². The van der Waals surface area contributed by atoms with Crippen molar-refractivity contribution in [2.24, 2.45) is 5.41 Å². The van der Waals surface area contributed by atoms with E-state index in [1.54, 1.807) is 31.2 Å². The highest BCUT2D eigenvalue weighted by molar-refractivity contribution is 6.06. The number of methoxy groups -OCH3 is 2. The largest absolute Gasteiger partial charge is 0.496 e. The Kier molecular flexibility index (Phi) is 7.45. The number of carbonyl (C=O) groups is 2. The summed E-state index contributed by atoms with van der Waals surface area (Å²) in [5, 5.41) is 32.7. The molecule has 0 unspecified atom stereocenters. The van der Waals surface area contributed by atoms with Gasteiger partial charge in [-0.2, -0.15) is 10.5 Å². The Morgan fingerprint density at radius 3 is 2.24 bits per heavy atom. The van der Waals surface area contributed by atoms with Crippen LogP contribution in [-0.2, 0) is 24.5 Å². The maximum Gasteiger partial charge on any atom is 0.334 e. The predicted molar refractivity (Wildman–Crippen MR) is 131 cm³/mol. The van der Waals surface area contributed by atoms with Crippen molar-refractivity contribution in [3.63, 3.8) is 0 Å². The van der Waals surface area contributed by atoms with Crippen molar-refractivity contribution in [2.75, 3.05) is 20.8 Å². The van der Waals surface area contributed by atoms with Gasteiger partial charge in [0.25, 0.3) is 5.69 Å². The fourth-order valence-electron chi connectivity index (χ4n) is 4.85. The van der Waals surface area contributed by atoms with Crippen LogP contribution in [0.2, 0.25) is 0 Å². The second-order valence-electron chi connectivity index (χ2n) is 8.10. The van der Waals surface area contributed by atoms with E-state index in [-0.39, 0.29) is 52.3 Å². The van der Waals surface area contributed by atoms with Crippen molar-refractivity contribution < 1.29 is 28.7 Å². The van der Waals surface area contributed by atoms with Crippen molar-refractivity contribution >= 4 is 23.2 Å². The molecule has 0 bridgehead atoms. The molecule has 3 rings (SSSR count). The minimum Gasteiger partial charge on any atom is -0.496 e. The minimum absolute atomic E-state index is 0.00870. The Bertz CT molecular complexity index is 1380. The summed E-state index contributed by atoms with van der Waals surface area (Å²) in [4.78, 5) is 36.9. The number of ether oxygens (including phenoxy) is 3. The average Bonchev–Trinajstić information content (AvgIpc) is 3.24. The van der Waals surface area contributed by atoms with Gasteiger partial charge in [-0.3, -0.25) is 10.1 Å². The van der Waals surface area contributed by atoms with Gasteiger partial charge in [-0.1, -0.05) is 36.9 Å². The zero-order chi connectivity index (χ0) is 27.4. The fraction of sp³-hybridized carbons (Fsp3) is 0.259. The van der Waals surface area contributed by atoms with Gasteiger partial charge in [0.2, 0.25) is 0 Å². The van der Waals surface area contributed by atoms with E-state index in [2.05, 4.69) is 18.7 Å². The van der Waals surface area contributed by atoms with E-state index < -0.39 is 27.7 Å². The number of nitro groups is 1. The van der Waals surface area contributed by atoms with Crippen LogP contribution in [0.5, 0.6) is 5.75 Å². The van der Waals surface area contributed by atoms with Gasteiger partial charge >= 0.3 is 11.9 Å². The summed E-state index contributed by atoms with van der Waals surface area (Å²) in [5.74, 6) is -1.44. The monoisotopic (exact) mass is 501 g/mol. The number of esters is 2. The maximum atomic E-state index is 13.1. The smallest absolute Gasteiger partial charge is 0.334 e. The molecule has 10 nitrogen and oxygen atoms in total. The first-order valence-corrected chi connectivity index (χ1v) is 11.1. The van der Waals surface area contributed by atoms with E-state index in [9.17, 15) is 30.2 Å². The van der Waals surface area contributed by atoms with Crippen molar-refractivity contribution in [3.05, 3.63) is 87.5 Å². The van der Waals surface area contributed by atoms with Crippen molar-refractivity contribution in [2.45, 2.75) is 18.8 Å². The van der Waals surface area contributed by atoms with Crippen LogP contribution >= 0.6 is 0 Å². The Morgan fingerprint density at radius 1 is 1.11 bits per heavy atom. The highest BCUT2D eigenvalue weighted by atomic mass is 16.6. The number of allylic oxidation sites excluding steroid dienone is 1. The van der Waals surface area contributed by atoms with Gasteiger partial charge in [-0.15, -0.1) is 0 Å². The van der Waals surface area contributed by atoms with Gasteiger partial charge in [0.15, 0.2) is 5.41 Å². The molecule has 2 aromatic carbocycles. The van der Waals surface area contributed by atoms with Crippen molar-refractivity contribution in [3.8, 4) is 17.9 Å². The lowest BCUT2D eigenvalue weighted by atomic mass is 9.56. The van der Waals surface area contributed by atoms with Crippen molar-refractivity contribution in [1.82, 2.24) is 0 Å². The van der Waals surface area contributed by atoms with Crippen LogP contribution < -0.4 is 4.74 Å². The lowest BCUT2D eigenvalue weighted by molar-refractivity contribution is -0.384. The van der Waals surface area contributed by atoms with E-state index >= 15 is 0 Å². The molecule has 0 aromatic heterocycles. The Hall–Kier alpha value is -4.96. The van der Waals surface area contributed by atoms with Crippen LogP contribution in [-0.4, -0.2) is 37.7 Å². The molecule has 0 spiro atoms. The number of rotatable bonds is 8. The topological polar surface area (TPSA) is 153 Å². The molecule has 0 fully saturated rings. The molecule has 0 saturated heterocycles. The van der Waals surface area contributed by atoms with Crippen molar-refractivity contribution in [1.29, 1.82) is 10.5 Å². The number of carbonyl (C=O) groups excluding carboxylic acids is 2. The molecule has 0 heterocycles. The molecule has 0 aliphatic heterocycles. The summed E-state index contributed by atoms with van der Waals surface area (Å²) < 4.78 is 15.7. The summed E-state index contributed by atoms with van der Waals surface area (Å²) in [5.41, 5.74) is -4.19. The van der Waals surface area contributed by atoms with Gasteiger partial charge < -0.3 is 14.2 Å². The zero-order valence-electron chi connectivity index (χ0n) is 20.4. The van der Waals surface area contributed by atoms with Crippen LogP contribution in [0.3, 0.4) is 0 Å². The lowest BCUT2D eigenvalue weighted by Gasteiger charge is -2.40. The SMILES string of the molecule is C=C(C(=O)OCC)[C@@]1(c2ccc([N+](=O)[O-])cc2)CC(C(=O)OC)=C(c2ccccc2OC)C1(C#N)C#N. The number of nitrogens with zero attached hydrogens (tertiary/aromatic N) is 3. The van der Waals surface area contributed by atoms with Crippen LogP contribution in [0.1, 0.15) is 24.5 Å². The fourth-order valence-corrected chi connectivity index (χ4v) is 4.85. The van der Waals surface area contributed by atoms with Crippen LogP contribution in [0.4, 0.5) is 5.69 Å². The lowest BCUT2D eigenvalue weighted by Crippen LogP contribution is -2.45. The summed E-state index contributed by atoms with van der Waals surface area (Å²) in [6.45, 7) is 5.49. The second-order valence-corrected chi connectivity index (χ2v) is 8.10. The minimum atomic E-state index is -2.22. The van der Waals surface area contributed by atoms with E-state index in [0.717, 1.165) is 7.11 Å². The molecule has 0 saturated carbocycles. The number of hydrogen-bond acceptors (Lipinski definition) is 9. The number of nitriles is 2. The van der Waals surface area contributed by atoms with Gasteiger partial charge in [0.1, 0.15) is 5.75 Å². The third-order valence-electron chi connectivity index (χ3n) is 6.51. The predicted octanol–water partition coefficient (Wildman–Crippen LogP) is 4.02. The van der Waals surface area contributed by atoms with E-state index in [1.807, 2.05) is 0 Å². The number of para-hydroxylation sites is 1. The molecule has 0 amide bonds. The highest BCUT2D eigenvalue weighted by Gasteiger charge is 2.66. The molecule has 1 aliphatic carbocycles. The number of benzene rings is 2. The van der Waals surface area contributed by atoms with E-state index in [1.165, 1.54) is 31.4 Å². The van der Waals surface area contributed by atoms with Gasteiger partial charge in [0, 0.05) is 34.4 Å². The third-order valence-corrected chi connectivity index (χ3v) is 6.51. The molecule has 1 atom stereocenters. The first-order chi connectivity index (χ1) is 17.7.